The van der Waals surface area contributed by atoms with Crippen LogP contribution in [-0.4, -0.2) is 43.7 Å². The third-order valence-electron chi connectivity index (χ3n) is 3.62. The summed E-state index contributed by atoms with van der Waals surface area (Å²) >= 11 is 12.1. The minimum Gasteiger partial charge on any atom is -0.367 e. The number of benzene rings is 1. The zero-order valence-corrected chi connectivity index (χ0v) is 13.8. The highest BCUT2D eigenvalue weighted by molar-refractivity contribution is 6.36. The Morgan fingerprint density at radius 1 is 1.24 bits per heavy atom. The number of anilines is 1. The number of urea groups is 1. The van der Waals surface area contributed by atoms with Gasteiger partial charge in [-0.25, -0.2) is 4.79 Å². The van der Waals surface area contributed by atoms with Gasteiger partial charge in [0.1, 0.15) is 0 Å². The van der Waals surface area contributed by atoms with Crippen LogP contribution in [0.25, 0.3) is 0 Å². The van der Waals surface area contributed by atoms with Gasteiger partial charge in [0.25, 0.3) is 0 Å². The summed E-state index contributed by atoms with van der Waals surface area (Å²) in [5.41, 5.74) is 0.979. The van der Waals surface area contributed by atoms with Crippen LogP contribution in [0.5, 0.6) is 0 Å². The first-order valence-corrected chi connectivity index (χ1v) is 8.10. The molecule has 1 saturated heterocycles. The summed E-state index contributed by atoms with van der Waals surface area (Å²) in [6.07, 6.45) is 2.11. The van der Waals surface area contributed by atoms with Crippen LogP contribution in [0, 0.1) is 0 Å². The molecule has 6 heteroatoms. The molecule has 2 rings (SSSR count). The second kappa shape index (κ2) is 7.76. The molecule has 0 unspecified atom stereocenters. The van der Waals surface area contributed by atoms with Crippen molar-refractivity contribution < 1.29 is 4.79 Å². The van der Waals surface area contributed by atoms with Crippen molar-refractivity contribution in [2.24, 2.45) is 0 Å². The number of amides is 2. The topological polar surface area (TPSA) is 35.6 Å². The van der Waals surface area contributed by atoms with Crippen LogP contribution in [0.15, 0.2) is 18.2 Å². The van der Waals surface area contributed by atoms with E-state index in [0.29, 0.717) is 23.1 Å². The Morgan fingerprint density at radius 2 is 1.95 bits per heavy atom. The molecule has 0 bridgehead atoms. The third kappa shape index (κ3) is 4.42. The van der Waals surface area contributed by atoms with Gasteiger partial charge < -0.3 is 15.1 Å². The maximum Gasteiger partial charge on any atom is 0.317 e. The predicted octanol–water partition coefficient (Wildman–Crippen LogP) is 3.63. The number of unbranched alkanes of at least 4 members (excludes halogenated alkanes) is 1. The number of piperazine rings is 1. The Hall–Kier alpha value is -1.13. The molecule has 116 valence electrons. The first kappa shape index (κ1) is 16.2. The molecule has 1 fully saturated rings. The Labute approximate surface area is 136 Å². The number of hydrogen-bond acceptors (Lipinski definition) is 2. The number of nitrogens with one attached hydrogen (secondary N) is 1. The molecule has 0 saturated carbocycles. The number of halogens is 2. The van der Waals surface area contributed by atoms with E-state index >= 15 is 0 Å². The molecule has 0 radical (unpaired) electrons. The van der Waals surface area contributed by atoms with E-state index in [1.807, 2.05) is 17.0 Å². The summed E-state index contributed by atoms with van der Waals surface area (Å²) in [6.45, 7) is 5.83. The van der Waals surface area contributed by atoms with E-state index in [1.54, 1.807) is 6.07 Å². The van der Waals surface area contributed by atoms with Crippen molar-refractivity contribution in [2.75, 3.05) is 37.6 Å². The summed E-state index contributed by atoms with van der Waals surface area (Å²) in [4.78, 5) is 16.0. The van der Waals surface area contributed by atoms with E-state index in [0.717, 1.165) is 38.2 Å². The molecule has 4 nitrogen and oxygen atoms in total. The lowest BCUT2D eigenvalue weighted by Gasteiger charge is -2.36. The second-order valence-corrected chi connectivity index (χ2v) is 6.00. The Bertz CT molecular complexity index is 488. The lowest BCUT2D eigenvalue weighted by atomic mass is 10.2. The summed E-state index contributed by atoms with van der Waals surface area (Å²) < 4.78 is 0. The van der Waals surface area contributed by atoms with Crippen LogP contribution in [0.1, 0.15) is 19.8 Å². The number of nitrogens with zero attached hydrogens (tertiary/aromatic N) is 2. The second-order valence-electron chi connectivity index (χ2n) is 5.16. The van der Waals surface area contributed by atoms with Crippen LogP contribution in [0.2, 0.25) is 10.0 Å². The molecule has 0 atom stereocenters. The van der Waals surface area contributed by atoms with E-state index in [4.69, 9.17) is 23.2 Å². The molecule has 1 aliphatic rings. The third-order valence-corrected chi connectivity index (χ3v) is 4.16. The average Bonchev–Trinajstić information content (AvgIpc) is 2.48. The van der Waals surface area contributed by atoms with Crippen LogP contribution in [0.3, 0.4) is 0 Å². The van der Waals surface area contributed by atoms with Crippen LogP contribution in [-0.2, 0) is 0 Å². The summed E-state index contributed by atoms with van der Waals surface area (Å²) in [5, 5.41) is 4.24. The molecule has 21 heavy (non-hydrogen) atoms. The molecule has 1 N–H and O–H groups in total. The first-order chi connectivity index (χ1) is 10.1. The lowest BCUT2D eigenvalue weighted by molar-refractivity contribution is 0.194. The zero-order valence-electron chi connectivity index (χ0n) is 12.2. The molecule has 0 aliphatic carbocycles. The van der Waals surface area contributed by atoms with Crippen molar-refractivity contribution in [3.8, 4) is 0 Å². The molecule has 1 aliphatic heterocycles. The molecular formula is C15H21Cl2N3O. The monoisotopic (exact) mass is 329 g/mol. The maximum atomic E-state index is 12.0. The van der Waals surface area contributed by atoms with E-state index in [9.17, 15) is 4.79 Å². The lowest BCUT2D eigenvalue weighted by Crippen LogP contribution is -2.52. The van der Waals surface area contributed by atoms with Gasteiger partial charge in [-0.15, -0.1) is 0 Å². The minimum absolute atomic E-state index is 0.0327. The zero-order chi connectivity index (χ0) is 15.2. The van der Waals surface area contributed by atoms with Crippen molar-refractivity contribution in [1.82, 2.24) is 10.2 Å². The van der Waals surface area contributed by atoms with Crippen molar-refractivity contribution in [1.29, 1.82) is 0 Å². The van der Waals surface area contributed by atoms with Gasteiger partial charge in [0.15, 0.2) is 0 Å². The van der Waals surface area contributed by atoms with Gasteiger partial charge in [-0.05, 0) is 24.6 Å². The molecule has 0 aromatic heterocycles. The standard InChI is InChI=1S/C15H21Cl2N3O/c1-2-3-6-18-15(21)20-9-7-19(8-10-20)14-5-4-12(16)11-13(14)17/h4-5,11H,2-3,6-10H2,1H3,(H,18,21). The van der Waals surface area contributed by atoms with Gasteiger partial charge in [-0.1, -0.05) is 36.5 Å². The number of carbonyl (C=O) groups is 1. The number of hydrogen-bond donors (Lipinski definition) is 1. The number of rotatable bonds is 4. The van der Waals surface area contributed by atoms with Gasteiger partial charge in [0, 0.05) is 37.7 Å². The highest BCUT2D eigenvalue weighted by Gasteiger charge is 2.22. The summed E-state index contributed by atoms with van der Waals surface area (Å²) in [5.74, 6) is 0. The molecule has 2 amide bonds. The van der Waals surface area contributed by atoms with Crippen LogP contribution < -0.4 is 10.2 Å². The average molecular weight is 330 g/mol. The SMILES string of the molecule is CCCCNC(=O)N1CCN(c2ccc(Cl)cc2Cl)CC1. The van der Waals surface area contributed by atoms with Crippen molar-refractivity contribution >= 4 is 34.9 Å². The van der Waals surface area contributed by atoms with E-state index in [-0.39, 0.29) is 6.03 Å². The maximum absolute atomic E-state index is 12.0. The minimum atomic E-state index is 0.0327. The van der Waals surface area contributed by atoms with Gasteiger partial charge >= 0.3 is 6.03 Å². The smallest absolute Gasteiger partial charge is 0.317 e. The number of carbonyl (C=O) groups excluding carboxylic acids is 1. The Balaban J connectivity index is 1.86. The summed E-state index contributed by atoms with van der Waals surface area (Å²) in [7, 11) is 0. The van der Waals surface area contributed by atoms with Gasteiger partial charge in [-0.3, -0.25) is 0 Å². The molecule has 1 aromatic rings. The quantitative estimate of drug-likeness (QED) is 0.856. The molecule has 1 aromatic carbocycles. The van der Waals surface area contributed by atoms with Gasteiger partial charge in [0.2, 0.25) is 0 Å². The fourth-order valence-electron chi connectivity index (χ4n) is 2.37. The van der Waals surface area contributed by atoms with Crippen LogP contribution in [0.4, 0.5) is 10.5 Å². The Morgan fingerprint density at radius 3 is 2.57 bits per heavy atom. The normalized spacial score (nSPS) is 15.2. The highest BCUT2D eigenvalue weighted by Crippen LogP contribution is 2.29. The van der Waals surface area contributed by atoms with Crippen molar-refractivity contribution in [3.05, 3.63) is 28.2 Å². The molecule has 1 heterocycles. The van der Waals surface area contributed by atoms with Crippen molar-refractivity contribution in [2.45, 2.75) is 19.8 Å². The first-order valence-electron chi connectivity index (χ1n) is 7.34. The van der Waals surface area contributed by atoms with E-state index in [2.05, 4.69) is 17.1 Å². The highest BCUT2D eigenvalue weighted by atomic mass is 35.5. The largest absolute Gasteiger partial charge is 0.367 e. The van der Waals surface area contributed by atoms with E-state index < -0.39 is 0 Å². The van der Waals surface area contributed by atoms with Crippen molar-refractivity contribution in [3.63, 3.8) is 0 Å². The predicted molar refractivity (Wildman–Crippen MR) is 88.6 cm³/mol. The van der Waals surface area contributed by atoms with Crippen LogP contribution >= 0.6 is 23.2 Å². The van der Waals surface area contributed by atoms with Gasteiger partial charge in [0.05, 0.1) is 10.7 Å². The van der Waals surface area contributed by atoms with E-state index in [1.165, 1.54) is 0 Å². The summed E-state index contributed by atoms with van der Waals surface area (Å²) in [6, 6.07) is 5.56. The fourth-order valence-corrected chi connectivity index (χ4v) is 2.90. The molecular weight excluding hydrogens is 309 g/mol. The molecule has 0 spiro atoms. The van der Waals surface area contributed by atoms with Gasteiger partial charge in [-0.2, -0.15) is 0 Å². The Kier molecular flexibility index (Phi) is 6.00. The fraction of sp³-hybridized carbons (Fsp3) is 0.533.